The summed E-state index contributed by atoms with van der Waals surface area (Å²) in [4.78, 5) is 7.46. The van der Waals surface area contributed by atoms with E-state index in [0.29, 0.717) is 0 Å². The van der Waals surface area contributed by atoms with E-state index in [1.165, 1.54) is 48.4 Å². The summed E-state index contributed by atoms with van der Waals surface area (Å²) >= 11 is 0. The molecule has 1 fully saturated rings. The van der Waals surface area contributed by atoms with Gasteiger partial charge in [-0.25, -0.2) is 4.98 Å². The van der Waals surface area contributed by atoms with E-state index in [9.17, 15) is 0 Å². The van der Waals surface area contributed by atoms with Crippen molar-refractivity contribution in [3.05, 3.63) is 29.1 Å². The van der Waals surface area contributed by atoms with Crippen LogP contribution < -0.4 is 5.73 Å². The van der Waals surface area contributed by atoms with Crippen LogP contribution in [0.1, 0.15) is 36.2 Å². The van der Waals surface area contributed by atoms with E-state index in [1.54, 1.807) is 0 Å². The summed E-state index contributed by atoms with van der Waals surface area (Å²) in [6.07, 6.45) is 4.68. The molecule has 0 amide bonds. The fraction of sp³-hybridized carbons (Fsp3) is 0.611. The van der Waals surface area contributed by atoms with Gasteiger partial charge in [0.1, 0.15) is 5.82 Å². The third-order valence-electron chi connectivity index (χ3n) is 4.89. The minimum atomic E-state index is 0.730. The van der Waals surface area contributed by atoms with Crippen molar-refractivity contribution in [2.24, 2.45) is 5.73 Å². The molecule has 4 heteroatoms. The monoisotopic (exact) mass is 300 g/mol. The Morgan fingerprint density at radius 1 is 1.09 bits per heavy atom. The topological polar surface area (TPSA) is 47.1 Å². The van der Waals surface area contributed by atoms with Gasteiger partial charge in [0.05, 0.1) is 11.0 Å². The Morgan fingerprint density at radius 3 is 2.55 bits per heavy atom. The highest BCUT2D eigenvalue weighted by Gasteiger charge is 2.15. The SMILES string of the molecule is Cc1cc2nc(CCCN)n(CCN3CCCC3)c2cc1C. The average Bonchev–Trinajstić information content (AvgIpc) is 3.12. The summed E-state index contributed by atoms with van der Waals surface area (Å²) in [7, 11) is 0. The van der Waals surface area contributed by atoms with Crippen LogP contribution in [0, 0.1) is 13.8 Å². The van der Waals surface area contributed by atoms with Gasteiger partial charge in [0, 0.05) is 19.5 Å². The van der Waals surface area contributed by atoms with E-state index in [0.717, 1.165) is 38.0 Å². The predicted molar refractivity (Wildman–Crippen MR) is 92.3 cm³/mol. The first kappa shape index (κ1) is 15.5. The molecule has 22 heavy (non-hydrogen) atoms. The van der Waals surface area contributed by atoms with E-state index in [2.05, 4.69) is 35.4 Å². The number of benzene rings is 1. The maximum atomic E-state index is 5.70. The molecule has 1 aliphatic heterocycles. The molecule has 1 aromatic carbocycles. The van der Waals surface area contributed by atoms with E-state index < -0.39 is 0 Å². The van der Waals surface area contributed by atoms with Crippen LogP contribution in [-0.2, 0) is 13.0 Å². The van der Waals surface area contributed by atoms with Crippen LogP contribution in [0.15, 0.2) is 12.1 Å². The molecule has 0 spiro atoms. The van der Waals surface area contributed by atoms with Gasteiger partial charge in [0.25, 0.3) is 0 Å². The van der Waals surface area contributed by atoms with Gasteiger partial charge in [-0.3, -0.25) is 0 Å². The number of nitrogens with two attached hydrogens (primary N) is 1. The van der Waals surface area contributed by atoms with Crippen LogP contribution in [0.4, 0.5) is 0 Å². The Bertz CT molecular complexity index is 638. The first-order chi connectivity index (χ1) is 10.7. The van der Waals surface area contributed by atoms with Crippen LogP contribution in [0.3, 0.4) is 0 Å². The van der Waals surface area contributed by atoms with Gasteiger partial charge in [-0.2, -0.15) is 0 Å². The smallest absolute Gasteiger partial charge is 0.109 e. The second-order valence-electron chi connectivity index (χ2n) is 6.55. The molecular weight excluding hydrogens is 272 g/mol. The molecular formula is C18H28N4. The molecule has 2 aromatic rings. The summed E-state index contributed by atoms with van der Waals surface area (Å²) in [6, 6.07) is 4.52. The van der Waals surface area contributed by atoms with E-state index in [4.69, 9.17) is 10.7 Å². The lowest BCUT2D eigenvalue weighted by molar-refractivity contribution is 0.322. The first-order valence-electron chi connectivity index (χ1n) is 8.58. The Hall–Kier alpha value is -1.39. The lowest BCUT2D eigenvalue weighted by Gasteiger charge is -2.17. The Balaban J connectivity index is 1.90. The molecule has 1 aliphatic rings. The summed E-state index contributed by atoms with van der Waals surface area (Å²) in [5, 5.41) is 0. The quantitative estimate of drug-likeness (QED) is 0.892. The van der Waals surface area contributed by atoms with Crippen molar-refractivity contribution in [1.82, 2.24) is 14.5 Å². The lowest BCUT2D eigenvalue weighted by atomic mass is 10.1. The van der Waals surface area contributed by atoms with Gasteiger partial charge < -0.3 is 15.2 Å². The molecule has 0 unspecified atom stereocenters. The lowest BCUT2D eigenvalue weighted by Crippen LogP contribution is -2.24. The number of aromatic nitrogens is 2. The standard InChI is InChI=1S/C18H28N4/c1-14-12-16-17(13-15(14)2)22(18(20-16)6-5-7-19)11-10-21-8-3-4-9-21/h12-13H,3-11,19H2,1-2H3. The third kappa shape index (κ3) is 3.18. The zero-order chi connectivity index (χ0) is 15.5. The van der Waals surface area contributed by atoms with Gasteiger partial charge in [-0.1, -0.05) is 0 Å². The summed E-state index contributed by atoms with van der Waals surface area (Å²) in [5.41, 5.74) is 10.8. The summed E-state index contributed by atoms with van der Waals surface area (Å²) in [5.74, 6) is 1.20. The van der Waals surface area contributed by atoms with Crippen LogP contribution in [0.5, 0.6) is 0 Å². The number of fused-ring (bicyclic) bond motifs is 1. The van der Waals surface area contributed by atoms with Gasteiger partial charge in [0.15, 0.2) is 0 Å². The largest absolute Gasteiger partial charge is 0.330 e. The zero-order valence-corrected chi connectivity index (χ0v) is 13.9. The number of aryl methyl sites for hydroxylation is 3. The normalized spacial score (nSPS) is 16.0. The second kappa shape index (κ2) is 6.80. The van der Waals surface area contributed by atoms with Crippen molar-refractivity contribution in [3.8, 4) is 0 Å². The van der Waals surface area contributed by atoms with Gasteiger partial charge in [0.2, 0.25) is 0 Å². The van der Waals surface area contributed by atoms with Crippen molar-refractivity contribution in [2.75, 3.05) is 26.2 Å². The molecule has 2 heterocycles. The van der Waals surface area contributed by atoms with E-state index in [-0.39, 0.29) is 0 Å². The molecule has 1 aromatic heterocycles. The number of hydrogen-bond acceptors (Lipinski definition) is 3. The maximum Gasteiger partial charge on any atom is 0.109 e. The van der Waals surface area contributed by atoms with E-state index in [1.807, 2.05) is 0 Å². The molecule has 0 saturated carbocycles. The van der Waals surface area contributed by atoms with Crippen LogP contribution in [0.25, 0.3) is 11.0 Å². The molecule has 120 valence electrons. The van der Waals surface area contributed by atoms with Crippen molar-refractivity contribution in [3.63, 3.8) is 0 Å². The number of hydrogen-bond donors (Lipinski definition) is 1. The number of rotatable bonds is 6. The van der Waals surface area contributed by atoms with Crippen molar-refractivity contribution < 1.29 is 0 Å². The predicted octanol–water partition coefficient (Wildman–Crippen LogP) is 2.64. The molecule has 3 rings (SSSR count). The minimum Gasteiger partial charge on any atom is -0.330 e. The fourth-order valence-corrected chi connectivity index (χ4v) is 3.38. The van der Waals surface area contributed by atoms with E-state index >= 15 is 0 Å². The molecule has 2 N–H and O–H groups in total. The Morgan fingerprint density at radius 2 is 1.82 bits per heavy atom. The van der Waals surface area contributed by atoms with Crippen LogP contribution in [0.2, 0.25) is 0 Å². The molecule has 0 aliphatic carbocycles. The first-order valence-corrected chi connectivity index (χ1v) is 8.58. The molecule has 0 bridgehead atoms. The third-order valence-corrected chi connectivity index (χ3v) is 4.89. The number of imidazole rings is 1. The Kier molecular flexibility index (Phi) is 4.79. The highest BCUT2D eigenvalue weighted by Crippen LogP contribution is 2.22. The zero-order valence-electron chi connectivity index (χ0n) is 13.9. The van der Waals surface area contributed by atoms with Gasteiger partial charge >= 0.3 is 0 Å². The Labute approximate surface area is 133 Å². The fourth-order valence-electron chi connectivity index (χ4n) is 3.38. The van der Waals surface area contributed by atoms with Crippen LogP contribution in [-0.4, -0.2) is 40.6 Å². The summed E-state index contributed by atoms with van der Waals surface area (Å²) < 4.78 is 2.43. The van der Waals surface area contributed by atoms with Crippen molar-refractivity contribution in [2.45, 2.75) is 46.1 Å². The van der Waals surface area contributed by atoms with Crippen molar-refractivity contribution in [1.29, 1.82) is 0 Å². The highest BCUT2D eigenvalue weighted by atomic mass is 15.2. The van der Waals surface area contributed by atoms with Gasteiger partial charge in [-0.15, -0.1) is 0 Å². The molecule has 4 nitrogen and oxygen atoms in total. The molecule has 0 radical (unpaired) electrons. The highest BCUT2D eigenvalue weighted by molar-refractivity contribution is 5.78. The minimum absolute atomic E-state index is 0.730. The summed E-state index contributed by atoms with van der Waals surface area (Å²) in [6.45, 7) is 9.76. The van der Waals surface area contributed by atoms with Crippen LogP contribution >= 0.6 is 0 Å². The average molecular weight is 300 g/mol. The second-order valence-corrected chi connectivity index (χ2v) is 6.55. The van der Waals surface area contributed by atoms with Crippen molar-refractivity contribution >= 4 is 11.0 Å². The molecule has 0 atom stereocenters. The van der Waals surface area contributed by atoms with Gasteiger partial charge in [-0.05, 0) is 76.0 Å². The number of nitrogens with zero attached hydrogens (tertiary/aromatic N) is 3. The maximum absolute atomic E-state index is 5.70. The molecule has 1 saturated heterocycles. The number of likely N-dealkylation sites (tertiary alicyclic amines) is 1.